The van der Waals surface area contributed by atoms with Gasteiger partial charge in [-0.05, 0) is 18.7 Å². The van der Waals surface area contributed by atoms with Crippen molar-refractivity contribution in [3.05, 3.63) is 35.1 Å². The van der Waals surface area contributed by atoms with E-state index >= 15 is 0 Å². The summed E-state index contributed by atoms with van der Waals surface area (Å²) in [6, 6.07) is 7.65. The lowest BCUT2D eigenvalue weighted by molar-refractivity contribution is 0.415. The molecule has 2 aromatic rings. The van der Waals surface area contributed by atoms with Gasteiger partial charge in [0, 0.05) is 12.0 Å². The molecule has 5 heteroatoms. The fraction of sp³-hybridized carbons (Fsp3) is 0.250. The fourth-order valence-corrected chi connectivity index (χ4v) is 1.83. The summed E-state index contributed by atoms with van der Waals surface area (Å²) in [6.07, 6.45) is 0.690. The van der Waals surface area contributed by atoms with Crippen molar-refractivity contribution in [2.45, 2.75) is 6.42 Å². The number of imidazole rings is 1. The molecule has 0 saturated carbocycles. The third-order valence-electron chi connectivity index (χ3n) is 2.47. The Kier molecular flexibility index (Phi) is 3.66. The molecule has 1 aromatic heterocycles. The number of nitrogens with zero attached hydrogens (tertiary/aromatic N) is 1. The zero-order valence-electron chi connectivity index (χ0n) is 9.53. The van der Waals surface area contributed by atoms with E-state index in [0.717, 1.165) is 22.8 Å². The summed E-state index contributed by atoms with van der Waals surface area (Å²) in [7, 11) is 1.63. The maximum atomic E-state index is 6.02. The van der Waals surface area contributed by atoms with Gasteiger partial charge in [-0.25, -0.2) is 4.98 Å². The van der Waals surface area contributed by atoms with Gasteiger partial charge in [0.05, 0.1) is 12.8 Å². The summed E-state index contributed by atoms with van der Waals surface area (Å²) in [4.78, 5) is 7.45. The first kappa shape index (κ1) is 12.0. The van der Waals surface area contributed by atoms with E-state index in [2.05, 4.69) is 9.97 Å². The van der Waals surface area contributed by atoms with Gasteiger partial charge < -0.3 is 15.5 Å². The minimum Gasteiger partial charge on any atom is -0.497 e. The predicted molar refractivity (Wildman–Crippen MR) is 68.3 cm³/mol. The number of methoxy groups -OCH3 is 1. The van der Waals surface area contributed by atoms with Crippen molar-refractivity contribution in [1.82, 2.24) is 9.97 Å². The molecule has 0 aliphatic heterocycles. The van der Waals surface area contributed by atoms with Crippen LogP contribution in [0.5, 0.6) is 5.75 Å². The van der Waals surface area contributed by atoms with Crippen LogP contribution in [0.15, 0.2) is 24.3 Å². The highest BCUT2D eigenvalue weighted by molar-refractivity contribution is 6.30. The van der Waals surface area contributed by atoms with Crippen molar-refractivity contribution < 1.29 is 4.74 Å². The first-order chi connectivity index (χ1) is 8.24. The van der Waals surface area contributed by atoms with Gasteiger partial charge >= 0.3 is 0 Å². The number of hydrogen-bond acceptors (Lipinski definition) is 3. The number of aromatic amines is 1. The molecule has 17 heavy (non-hydrogen) atoms. The molecule has 0 bridgehead atoms. The topological polar surface area (TPSA) is 63.9 Å². The number of rotatable bonds is 4. The van der Waals surface area contributed by atoms with Crippen LogP contribution < -0.4 is 10.5 Å². The van der Waals surface area contributed by atoms with E-state index in [1.54, 1.807) is 7.11 Å². The third kappa shape index (κ3) is 2.60. The SMILES string of the molecule is COc1cccc(-c2nc(Cl)c(CCN)[nH]2)c1. The number of aromatic nitrogens is 2. The Morgan fingerprint density at radius 3 is 3.00 bits per heavy atom. The second-order valence-electron chi connectivity index (χ2n) is 3.63. The molecule has 1 aromatic carbocycles. The lowest BCUT2D eigenvalue weighted by Crippen LogP contribution is -2.03. The van der Waals surface area contributed by atoms with Crippen molar-refractivity contribution in [3.8, 4) is 17.1 Å². The number of halogens is 1. The van der Waals surface area contributed by atoms with Crippen LogP contribution in [-0.2, 0) is 6.42 Å². The summed E-state index contributed by atoms with van der Waals surface area (Å²) < 4.78 is 5.17. The van der Waals surface area contributed by atoms with E-state index in [1.807, 2.05) is 24.3 Å². The van der Waals surface area contributed by atoms with Crippen LogP contribution in [0.25, 0.3) is 11.4 Å². The zero-order valence-corrected chi connectivity index (χ0v) is 10.3. The molecule has 0 atom stereocenters. The average Bonchev–Trinajstić information content (AvgIpc) is 2.72. The Bertz CT molecular complexity index is 510. The van der Waals surface area contributed by atoms with Crippen LogP contribution in [0.2, 0.25) is 5.15 Å². The van der Waals surface area contributed by atoms with Gasteiger partial charge in [-0.3, -0.25) is 0 Å². The Morgan fingerprint density at radius 1 is 1.47 bits per heavy atom. The second-order valence-corrected chi connectivity index (χ2v) is 3.98. The van der Waals surface area contributed by atoms with Crippen molar-refractivity contribution in [1.29, 1.82) is 0 Å². The summed E-state index contributed by atoms with van der Waals surface area (Å²) in [6.45, 7) is 0.541. The van der Waals surface area contributed by atoms with Crippen molar-refractivity contribution in [3.63, 3.8) is 0 Å². The Hall–Kier alpha value is -1.52. The molecule has 0 aliphatic rings. The van der Waals surface area contributed by atoms with Crippen LogP contribution in [0.3, 0.4) is 0 Å². The lowest BCUT2D eigenvalue weighted by atomic mass is 10.2. The first-order valence-corrected chi connectivity index (χ1v) is 5.71. The maximum absolute atomic E-state index is 6.02. The van der Waals surface area contributed by atoms with E-state index < -0.39 is 0 Å². The van der Waals surface area contributed by atoms with E-state index in [1.165, 1.54) is 0 Å². The third-order valence-corrected chi connectivity index (χ3v) is 2.78. The van der Waals surface area contributed by atoms with E-state index in [0.29, 0.717) is 18.1 Å². The normalized spacial score (nSPS) is 10.5. The number of nitrogens with two attached hydrogens (primary N) is 1. The largest absolute Gasteiger partial charge is 0.497 e. The van der Waals surface area contributed by atoms with Crippen LogP contribution in [0, 0.1) is 0 Å². The molecule has 0 spiro atoms. The van der Waals surface area contributed by atoms with Crippen LogP contribution in [0.1, 0.15) is 5.69 Å². The summed E-state index contributed by atoms with van der Waals surface area (Å²) in [5.74, 6) is 1.52. The van der Waals surface area contributed by atoms with Gasteiger partial charge in [0.25, 0.3) is 0 Å². The zero-order chi connectivity index (χ0) is 12.3. The molecule has 0 aliphatic carbocycles. The number of ether oxygens (including phenoxy) is 1. The Balaban J connectivity index is 2.35. The van der Waals surface area contributed by atoms with Crippen molar-refractivity contribution >= 4 is 11.6 Å². The highest BCUT2D eigenvalue weighted by Gasteiger charge is 2.09. The lowest BCUT2D eigenvalue weighted by Gasteiger charge is -2.01. The minimum absolute atomic E-state index is 0.480. The average molecular weight is 252 g/mol. The molecule has 3 N–H and O–H groups in total. The van der Waals surface area contributed by atoms with Crippen molar-refractivity contribution in [2.24, 2.45) is 5.73 Å². The Morgan fingerprint density at radius 2 is 2.29 bits per heavy atom. The number of H-pyrrole nitrogens is 1. The number of benzene rings is 1. The minimum atomic E-state index is 0.480. The van der Waals surface area contributed by atoms with Crippen LogP contribution in [0.4, 0.5) is 0 Å². The molecule has 2 rings (SSSR count). The van der Waals surface area contributed by atoms with Gasteiger partial charge in [0.2, 0.25) is 0 Å². The smallest absolute Gasteiger partial charge is 0.150 e. The van der Waals surface area contributed by atoms with Gasteiger partial charge in [0.1, 0.15) is 11.6 Å². The molecule has 4 nitrogen and oxygen atoms in total. The molecule has 1 heterocycles. The van der Waals surface area contributed by atoms with Crippen LogP contribution in [-0.4, -0.2) is 23.6 Å². The van der Waals surface area contributed by atoms with Crippen molar-refractivity contribution in [2.75, 3.05) is 13.7 Å². The highest BCUT2D eigenvalue weighted by atomic mass is 35.5. The Labute approximate surface area is 105 Å². The molecule has 90 valence electrons. The van der Waals surface area contributed by atoms with E-state index in [4.69, 9.17) is 22.1 Å². The second kappa shape index (κ2) is 5.21. The maximum Gasteiger partial charge on any atom is 0.150 e. The predicted octanol–water partition coefficient (Wildman–Crippen LogP) is 2.24. The molecular formula is C12H14ClN3O. The molecular weight excluding hydrogens is 238 g/mol. The summed E-state index contributed by atoms with van der Waals surface area (Å²) in [5.41, 5.74) is 7.30. The summed E-state index contributed by atoms with van der Waals surface area (Å²) in [5, 5.41) is 0.480. The van der Waals surface area contributed by atoms with Gasteiger partial charge in [-0.1, -0.05) is 23.7 Å². The molecule has 0 fully saturated rings. The molecule has 0 amide bonds. The number of nitrogens with one attached hydrogen (secondary N) is 1. The fourth-order valence-electron chi connectivity index (χ4n) is 1.61. The molecule has 0 unspecified atom stereocenters. The first-order valence-electron chi connectivity index (χ1n) is 5.33. The standard InChI is InChI=1S/C12H14ClN3O/c1-17-9-4-2-3-8(7-9)12-15-10(5-6-14)11(13)16-12/h2-4,7H,5-6,14H2,1H3,(H,15,16). The number of hydrogen-bond donors (Lipinski definition) is 2. The molecule has 0 saturated heterocycles. The van der Waals surface area contributed by atoms with Crippen LogP contribution >= 0.6 is 11.6 Å². The van der Waals surface area contributed by atoms with E-state index in [9.17, 15) is 0 Å². The highest BCUT2D eigenvalue weighted by Crippen LogP contribution is 2.24. The monoisotopic (exact) mass is 251 g/mol. The van der Waals surface area contributed by atoms with Gasteiger partial charge in [-0.15, -0.1) is 0 Å². The summed E-state index contributed by atoms with van der Waals surface area (Å²) >= 11 is 6.02. The quantitative estimate of drug-likeness (QED) is 0.876. The van der Waals surface area contributed by atoms with Gasteiger partial charge in [-0.2, -0.15) is 0 Å². The van der Waals surface area contributed by atoms with Gasteiger partial charge in [0.15, 0.2) is 5.15 Å². The molecule has 0 radical (unpaired) electrons. The van der Waals surface area contributed by atoms with E-state index in [-0.39, 0.29) is 0 Å².